The standard InChI is InChI=1S/C25H22F4N4O3S/c26-19-11-17-20(33(16-5-6-16)13-18(22(17)34)23(35)36)12-21(19)31-7-9-32(10-8-31)24(37)30-15-3-1-14(2-4-15)25(27,28)29/h1-4,11-13,16H,5-10H2,(H,30,37)(H,35,36). The predicted octanol–water partition coefficient (Wildman–Crippen LogP) is 4.71. The van der Waals surface area contributed by atoms with Crippen LogP contribution < -0.4 is 15.6 Å². The van der Waals surface area contributed by atoms with Crippen molar-refractivity contribution < 1.29 is 27.5 Å². The number of alkyl halides is 3. The molecular weight excluding hydrogens is 512 g/mol. The third-order valence-electron chi connectivity index (χ3n) is 6.64. The molecule has 2 aromatic carbocycles. The second-order valence-electron chi connectivity index (χ2n) is 9.12. The maximum Gasteiger partial charge on any atom is 0.416 e. The summed E-state index contributed by atoms with van der Waals surface area (Å²) in [6, 6.07) is 7.37. The van der Waals surface area contributed by atoms with Crippen LogP contribution in [-0.4, -0.2) is 51.8 Å². The Morgan fingerprint density at radius 3 is 2.27 bits per heavy atom. The average Bonchev–Trinajstić information content (AvgIpc) is 3.69. The van der Waals surface area contributed by atoms with Crippen molar-refractivity contribution in [2.75, 3.05) is 36.4 Å². The molecule has 1 aliphatic carbocycles. The SMILES string of the molecule is O=C(O)c1cn(C2CC2)c2cc(N3CCN(C(=S)Nc4ccc(C(F)(F)F)cc4)CC3)c(F)cc2c1=O. The van der Waals surface area contributed by atoms with Gasteiger partial charge < -0.3 is 24.8 Å². The lowest BCUT2D eigenvalue weighted by Gasteiger charge is -2.37. The Morgan fingerprint density at radius 1 is 1.05 bits per heavy atom. The summed E-state index contributed by atoms with van der Waals surface area (Å²) in [5, 5.41) is 12.7. The zero-order valence-corrected chi connectivity index (χ0v) is 20.2. The van der Waals surface area contributed by atoms with Gasteiger partial charge in [-0.1, -0.05) is 0 Å². The first-order valence-corrected chi connectivity index (χ1v) is 12.0. The quantitative estimate of drug-likeness (QED) is 0.371. The second kappa shape index (κ2) is 9.33. The monoisotopic (exact) mass is 534 g/mol. The van der Waals surface area contributed by atoms with E-state index in [0.717, 1.165) is 31.0 Å². The van der Waals surface area contributed by atoms with E-state index in [1.807, 2.05) is 9.80 Å². The molecule has 0 unspecified atom stereocenters. The summed E-state index contributed by atoms with van der Waals surface area (Å²) >= 11 is 5.42. The summed E-state index contributed by atoms with van der Waals surface area (Å²) in [5.41, 5.74) is -0.605. The van der Waals surface area contributed by atoms with E-state index in [0.29, 0.717) is 48.2 Å². The van der Waals surface area contributed by atoms with Crippen LogP contribution in [0.3, 0.4) is 0 Å². The number of aromatic nitrogens is 1. The number of nitrogens with one attached hydrogen (secondary N) is 1. The molecule has 2 aliphatic rings. The molecule has 3 aromatic rings. The maximum absolute atomic E-state index is 15.2. The number of hydrogen-bond acceptors (Lipinski definition) is 4. The third-order valence-corrected chi connectivity index (χ3v) is 7.00. The predicted molar refractivity (Wildman–Crippen MR) is 135 cm³/mol. The van der Waals surface area contributed by atoms with Gasteiger partial charge in [0.2, 0.25) is 5.43 Å². The van der Waals surface area contributed by atoms with Gasteiger partial charge in [0.05, 0.1) is 16.8 Å². The van der Waals surface area contributed by atoms with Crippen LogP contribution in [0.4, 0.5) is 28.9 Å². The minimum atomic E-state index is -4.42. The van der Waals surface area contributed by atoms with Crippen molar-refractivity contribution in [3.05, 3.63) is 69.8 Å². The first kappa shape index (κ1) is 25.0. The highest BCUT2D eigenvalue weighted by Gasteiger charge is 2.31. The number of carboxylic acid groups (broad SMARTS) is 1. The minimum Gasteiger partial charge on any atom is -0.477 e. The zero-order valence-electron chi connectivity index (χ0n) is 19.4. The Balaban J connectivity index is 1.32. The molecule has 12 heteroatoms. The van der Waals surface area contributed by atoms with Crippen molar-refractivity contribution >= 4 is 45.6 Å². The van der Waals surface area contributed by atoms with E-state index >= 15 is 4.39 Å². The number of halogens is 4. The van der Waals surface area contributed by atoms with Gasteiger partial charge in [-0.3, -0.25) is 4.79 Å². The number of rotatable bonds is 4. The molecule has 1 aliphatic heterocycles. The van der Waals surface area contributed by atoms with E-state index in [4.69, 9.17) is 12.2 Å². The zero-order chi connectivity index (χ0) is 26.5. The topological polar surface area (TPSA) is 77.8 Å². The number of aromatic carboxylic acids is 1. The van der Waals surface area contributed by atoms with Crippen molar-refractivity contribution in [3.8, 4) is 0 Å². The number of nitrogens with zero attached hydrogens (tertiary/aromatic N) is 3. The van der Waals surface area contributed by atoms with Crippen LogP contribution in [-0.2, 0) is 6.18 Å². The van der Waals surface area contributed by atoms with Crippen molar-refractivity contribution in [2.24, 2.45) is 0 Å². The van der Waals surface area contributed by atoms with Crippen molar-refractivity contribution in [1.82, 2.24) is 9.47 Å². The van der Waals surface area contributed by atoms with Crippen LogP contribution in [0.2, 0.25) is 0 Å². The fourth-order valence-corrected chi connectivity index (χ4v) is 4.80. The second-order valence-corrected chi connectivity index (χ2v) is 9.50. The summed E-state index contributed by atoms with van der Waals surface area (Å²) in [6.07, 6.45) is -1.37. The lowest BCUT2D eigenvalue weighted by atomic mass is 10.1. The van der Waals surface area contributed by atoms with Crippen LogP contribution in [0, 0.1) is 5.82 Å². The number of carboxylic acids is 1. The van der Waals surface area contributed by atoms with E-state index in [1.54, 1.807) is 10.6 Å². The Hall–Kier alpha value is -3.67. The van der Waals surface area contributed by atoms with Crippen molar-refractivity contribution in [1.29, 1.82) is 0 Å². The van der Waals surface area contributed by atoms with E-state index in [-0.39, 0.29) is 17.0 Å². The third kappa shape index (κ3) is 4.97. The van der Waals surface area contributed by atoms with Crippen LogP contribution in [0.15, 0.2) is 47.4 Å². The molecule has 0 radical (unpaired) electrons. The van der Waals surface area contributed by atoms with Crippen molar-refractivity contribution in [2.45, 2.75) is 25.1 Å². The Bertz CT molecular complexity index is 1440. The number of carbonyl (C=O) groups is 1. The summed E-state index contributed by atoms with van der Waals surface area (Å²) in [6.45, 7) is 1.71. The van der Waals surface area contributed by atoms with Gasteiger partial charge in [0.15, 0.2) is 5.11 Å². The molecule has 0 bridgehead atoms. The molecule has 0 spiro atoms. The molecule has 2 N–H and O–H groups in total. The van der Waals surface area contributed by atoms with E-state index in [1.165, 1.54) is 18.3 Å². The molecule has 5 rings (SSSR count). The normalized spacial score (nSPS) is 16.2. The van der Waals surface area contributed by atoms with Gasteiger partial charge in [-0.25, -0.2) is 9.18 Å². The van der Waals surface area contributed by atoms with Gasteiger partial charge in [0.1, 0.15) is 11.4 Å². The highest BCUT2D eigenvalue weighted by Crippen LogP contribution is 2.38. The molecular formula is C25H22F4N4O3S. The fraction of sp³-hybridized carbons (Fsp3) is 0.320. The number of thiocarbonyl (C=S) groups is 1. The smallest absolute Gasteiger partial charge is 0.416 e. The molecule has 2 heterocycles. The first-order valence-electron chi connectivity index (χ1n) is 11.6. The summed E-state index contributed by atoms with van der Waals surface area (Å²) in [7, 11) is 0. The average molecular weight is 535 g/mol. The fourth-order valence-electron chi connectivity index (χ4n) is 4.50. The molecule has 1 aromatic heterocycles. The first-order chi connectivity index (χ1) is 17.5. The van der Waals surface area contributed by atoms with Gasteiger partial charge in [-0.2, -0.15) is 13.2 Å². The molecule has 0 atom stereocenters. The van der Waals surface area contributed by atoms with Crippen molar-refractivity contribution in [3.63, 3.8) is 0 Å². The minimum absolute atomic E-state index is 0.0357. The number of pyridine rings is 1. The number of fused-ring (bicyclic) bond motifs is 1. The number of benzene rings is 2. The molecule has 1 saturated heterocycles. The van der Waals surface area contributed by atoms with Crippen LogP contribution in [0.25, 0.3) is 10.9 Å². The highest BCUT2D eigenvalue weighted by molar-refractivity contribution is 7.80. The summed E-state index contributed by atoms with van der Waals surface area (Å²) < 4.78 is 55.2. The Labute approximate surface area is 213 Å². The number of hydrogen-bond donors (Lipinski definition) is 2. The van der Waals surface area contributed by atoms with Crippen LogP contribution in [0.5, 0.6) is 0 Å². The van der Waals surface area contributed by atoms with Gasteiger partial charge in [-0.15, -0.1) is 0 Å². The Morgan fingerprint density at radius 2 is 1.70 bits per heavy atom. The van der Waals surface area contributed by atoms with Gasteiger partial charge in [-0.05, 0) is 61.5 Å². The van der Waals surface area contributed by atoms with E-state index in [9.17, 15) is 27.9 Å². The lowest BCUT2D eigenvalue weighted by molar-refractivity contribution is -0.137. The molecule has 0 amide bonds. The molecule has 7 nitrogen and oxygen atoms in total. The number of anilines is 2. The summed E-state index contributed by atoms with van der Waals surface area (Å²) in [4.78, 5) is 27.9. The molecule has 37 heavy (non-hydrogen) atoms. The van der Waals surface area contributed by atoms with Gasteiger partial charge >= 0.3 is 12.1 Å². The largest absolute Gasteiger partial charge is 0.477 e. The highest BCUT2D eigenvalue weighted by atomic mass is 32.1. The van der Waals surface area contributed by atoms with Gasteiger partial charge in [0, 0.05) is 49.5 Å². The van der Waals surface area contributed by atoms with Gasteiger partial charge in [0.25, 0.3) is 0 Å². The van der Waals surface area contributed by atoms with Crippen LogP contribution >= 0.6 is 12.2 Å². The number of piperazine rings is 1. The van der Waals surface area contributed by atoms with E-state index < -0.39 is 29.0 Å². The molecule has 2 fully saturated rings. The Kier molecular flexibility index (Phi) is 6.30. The van der Waals surface area contributed by atoms with Crippen LogP contribution in [0.1, 0.15) is 34.8 Å². The van der Waals surface area contributed by atoms with E-state index in [2.05, 4.69) is 5.32 Å². The molecule has 1 saturated carbocycles. The molecule has 194 valence electrons. The maximum atomic E-state index is 15.2. The summed E-state index contributed by atoms with van der Waals surface area (Å²) in [5.74, 6) is -1.96. The lowest BCUT2D eigenvalue weighted by Crippen LogP contribution is -2.50.